The number of aromatic nitrogens is 2. The predicted octanol–water partition coefficient (Wildman–Crippen LogP) is 2.73. The molecule has 0 aliphatic rings. The topological polar surface area (TPSA) is 68.9 Å². The second-order valence-electron chi connectivity index (χ2n) is 3.40. The first kappa shape index (κ1) is 10.7. The third-order valence-electron chi connectivity index (χ3n) is 2.11. The molecular formula is C10H9N3O2S. The van der Waals surface area contributed by atoms with Gasteiger partial charge in [0, 0.05) is 6.07 Å². The number of hydrogen-bond donors (Lipinski definition) is 0. The maximum absolute atomic E-state index is 10.9. The van der Waals surface area contributed by atoms with Gasteiger partial charge in [-0.25, -0.2) is 0 Å². The highest BCUT2D eigenvalue weighted by atomic mass is 32.1. The zero-order valence-electron chi connectivity index (χ0n) is 8.80. The van der Waals surface area contributed by atoms with Crippen molar-refractivity contribution in [2.45, 2.75) is 13.8 Å². The molecule has 0 N–H and O–H groups in total. The summed E-state index contributed by atoms with van der Waals surface area (Å²) in [5.41, 5.74) is 1.57. The van der Waals surface area contributed by atoms with Crippen molar-refractivity contribution < 1.29 is 4.92 Å². The molecule has 0 bridgehead atoms. The maximum Gasteiger partial charge on any atom is 0.279 e. The monoisotopic (exact) mass is 235 g/mol. The Morgan fingerprint density at radius 2 is 2.06 bits per heavy atom. The Balaban J connectivity index is 2.62. The van der Waals surface area contributed by atoms with Crippen LogP contribution >= 0.6 is 11.3 Å². The smallest absolute Gasteiger partial charge is 0.258 e. The standard InChI is InChI=1S/C10H9N3O2S/c1-6-3-4-9(13(14)15)8(5-6)10-12-11-7(2)16-10/h3-5H,1-2H3. The van der Waals surface area contributed by atoms with Gasteiger partial charge in [-0.15, -0.1) is 10.2 Å². The third kappa shape index (κ3) is 1.92. The molecule has 0 aliphatic heterocycles. The van der Waals surface area contributed by atoms with E-state index in [0.29, 0.717) is 10.6 Å². The van der Waals surface area contributed by atoms with Gasteiger partial charge in [-0.05, 0) is 25.5 Å². The molecule has 0 saturated carbocycles. The molecular weight excluding hydrogens is 226 g/mol. The molecule has 82 valence electrons. The van der Waals surface area contributed by atoms with Gasteiger partial charge >= 0.3 is 0 Å². The molecule has 5 nitrogen and oxygen atoms in total. The molecule has 0 aliphatic carbocycles. The van der Waals surface area contributed by atoms with Crippen LogP contribution in [0.2, 0.25) is 0 Å². The number of benzene rings is 1. The molecule has 0 atom stereocenters. The summed E-state index contributed by atoms with van der Waals surface area (Å²) in [6.07, 6.45) is 0. The summed E-state index contributed by atoms with van der Waals surface area (Å²) in [5, 5.41) is 20.1. The van der Waals surface area contributed by atoms with E-state index in [-0.39, 0.29) is 5.69 Å². The minimum atomic E-state index is -0.397. The lowest BCUT2D eigenvalue weighted by atomic mass is 10.1. The second kappa shape index (κ2) is 3.97. The van der Waals surface area contributed by atoms with Crippen molar-refractivity contribution >= 4 is 17.0 Å². The van der Waals surface area contributed by atoms with E-state index in [1.807, 2.05) is 13.8 Å². The molecule has 1 aromatic heterocycles. The van der Waals surface area contributed by atoms with Crippen LogP contribution in [-0.2, 0) is 0 Å². The lowest BCUT2D eigenvalue weighted by molar-refractivity contribution is -0.384. The normalized spacial score (nSPS) is 10.4. The number of nitrogens with zero attached hydrogens (tertiary/aromatic N) is 3. The summed E-state index contributed by atoms with van der Waals surface area (Å²) in [7, 11) is 0. The lowest BCUT2D eigenvalue weighted by Gasteiger charge is -1.99. The van der Waals surface area contributed by atoms with Crippen LogP contribution in [0.25, 0.3) is 10.6 Å². The van der Waals surface area contributed by atoms with Gasteiger partial charge in [0.2, 0.25) is 0 Å². The molecule has 0 saturated heterocycles. The number of nitro benzene ring substituents is 1. The van der Waals surface area contributed by atoms with E-state index >= 15 is 0 Å². The van der Waals surface area contributed by atoms with Crippen molar-refractivity contribution in [3.05, 3.63) is 38.9 Å². The van der Waals surface area contributed by atoms with E-state index in [2.05, 4.69) is 10.2 Å². The fraction of sp³-hybridized carbons (Fsp3) is 0.200. The van der Waals surface area contributed by atoms with E-state index < -0.39 is 4.92 Å². The average Bonchev–Trinajstić information content (AvgIpc) is 2.64. The van der Waals surface area contributed by atoms with Gasteiger partial charge in [0.25, 0.3) is 5.69 Å². The molecule has 2 rings (SSSR count). The molecule has 0 unspecified atom stereocenters. The van der Waals surface area contributed by atoms with Gasteiger partial charge in [-0.2, -0.15) is 0 Å². The molecule has 0 amide bonds. The van der Waals surface area contributed by atoms with E-state index in [1.54, 1.807) is 12.1 Å². The highest BCUT2D eigenvalue weighted by Gasteiger charge is 2.18. The highest BCUT2D eigenvalue weighted by Crippen LogP contribution is 2.32. The summed E-state index contributed by atoms with van der Waals surface area (Å²) >= 11 is 1.35. The van der Waals surface area contributed by atoms with Crippen molar-refractivity contribution in [1.29, 1.82) is 0 Å². The number of hydrogen-bond acceptors (Lipinski definition) is 5. The van der Waals surface area contributed by atoms with E-state index in [1.165, 1.54) is 17.4 Å². The van der Waals surface area contributed by atoms with Crippen molar-refractivity contribution in [3.63, 3.8) is 0 Å². The Morgan fingerprint density at radius 3 is 2.62 bits per heavy atom. The summed E-state index contributed by atoms with van der Waals surface area (Å²) in [6, 6.07) is 4.98. The van der Waals surface area contributed by atoms with Crippen LogP contribution in [0, 0.1) is 24.0 Å². The van der Waals surface area contributed by atoms with Crippen LogP contribution in [0.4, 0.5) is 5.69 Å². The molecule has 1 heterocycles. The second-order valence-corrected chi connectivity index (χ2v) is 4.59. The van der Waals surface area contributed by atoms with Crippen molar-refractivity contribution in [3.8, 4) is 10.6 Å². The number of aryl methyl sites for hydroxylation is 2. The van der Waals surface area contributed by atoms with Gasteiger partial charge in [-0.1, -0.05) is 17.4 Å². The minimum Gasteiger partial charge on any atom is -0.258 e. The van der Waals surface area contributed by atoms with Gasteiger partial charge < -0.3 is 0 Å². The molecule has 0 radical (unpaired) electrons. The Kier molecular flexibility index (Phi) is 2.66. The average molecular weight is 235 g/mol. The van der Waals surface area contributed by atoms with Crippen LogP contribution < -0.4 is 0 Å². The number of nitro groups is 1. The highest BCUT2D eigenvalue weighted by molar-refractivity contribution is 7.14. The first-order valence-electron chi connectivity index (χ1n) is 4.63. The lowest BCUT2D eigenvalue weighted by Crippen LogP contribution is -1.92. The Morgan fingerprint density at radius 1 is 1.31 bits per heavy atom. The fourth-order valence-corrected chi connectivity index (χ4v) is 2.10. The molecule has 1 aromatic carbocycles. The summed E-state index contributed by atoms with van der Waals surface area (Å²) in [6.45, 7) is 3.71. The summed E-state index contributed by atoms with van der Waals surface area (Å²) in [4.78, 5) is 10.5. The predicted molar refractivity (Wildman–Crippen MR) is 61.5 cm³/mol. The first-order chi connectivity index (χ1) is 7.58. The van der Waals surface area contributed by atoms with Crippen LogP contribution in [0.3, 0.4) is 0 Å². The van der Waals surface area contributed by atoms with E-state index in [4.69, 9.17) is 0 Å². The van der Waals surface area contributed by atoms with Crippen molar-refractivity contribution in [2.75, 3.05) is 0 Å². The van der Waals surface area contributed by atoms with Crippen LogP contribution in [0.1, 0.15) is 10.6 Å². The Hall–Kier alpha value is -1.82. The fourth-order valence-electron chi connectivity index (χ4n) is 1.39. The third-order valence-corrected chi connectivity index (χ3v) is 2.98. The molecule has 2 aromatic rings. The van der Waals surface area contributed by atoms with E-state index in [9.17, 15) is 10.1 Å². The Bertz CT molecular complexity index is 551. The van der Waals surface area contributed by atoms with Crippen LogP contribution in [0.5, 0.6) is 0 Å². The number of rotatable bonds is 2. The van der Waals surface area contributed by atoms with Gasteiger partial charge in [-0.3, -0.25) is 10.1 Å². The molecule has 16 heavy (non-hydrogen) atoms. The Labute approximate surface area is 95.9 Å². The van der Waals surface area contributed by atoms with Crippen molar-refractivity contribution in [2.24, 2.45) is 0 Å². The van der Waals surface area contributed by atoms with E-state index in [0.717, 1.165) is 10.6 Å². The maximum atomic E-state index is 10.9. The van der Waals surface area contributed by atoms with Gasteiger partial charge in [0.1, 0.15) is 5.01 Å². The summed E-state index contributed by atoms with van der Waals surface area (Å²) < 4.78 is 0. The largest absolute Gasteiger partial charge is 0.279 e. The summed E-state index contributed by atoms with van der Waals surface area (Å²) in [5.74, 6) is 0. The molecule has 6 heteroatoms. The first-order valence-corrected chi connectivity index (χ1v) is 5.45. The van der Waals surface area contributed by atoms with Gasteiger partial charge in [0.15, 0.2) is 5.01 Å². The van der Waals surface area contributed by atoms with Gasteiger partial charge in [0.05, 0.1) is 10.5 Å². The SMILES string of the molecule is Cc1ccc([N+](=O)[O-])c(-c2nnc(C)s2)c1. The zero-order chi connectivity index (χ0) is 11.7. The van der Waals surface area contributed by atoms with Crippen LogP contribution in [-0.4, -0.2) is 15.1 Å². The minimum absolute atomic E-state index is 0.0711. The zero-order valence-corrected chi connectivity index (χ0v) is 9.61. The van der Waals surface area contributed by atoms with Crippen LogP contribution in [0.15, 0.2) is 18.2 Å². The quantitative estimate of drug-likeness (QED) is 0.592. The van der Waals surface area contributed by atoms with Crippen molar-refractivity contribution in [1.82, 2.24) is 10.2 Å². The molecule has 0 spiro atoms. The molecule has 0 fully saturated rings.